The van der Waals surface area contributed by atoms with Gasteiger partial charge in [-0.15, -0.1) is 11.8 Å². The molecule has 24 heteroatoms. The molecule has 2 N–H and O–H groups in total. The third-order valence-electron chi connectivity index (χ3n) is 6.80. The fourth-order valence-corrected chi connectivity index (χ4v) is 7.48. The van der Waals surface area contributed by atoms with Crippen molar-refractivity contribution in [2.45, 2.75) is 127 Å². The lowest BCUT2D eigenvalue weighted by Crippen LogP contribution is -2.62. The number of esters is 8. The van der Waals surface area contributed by atoms with Gasteiger partial charge >= 0.3 is 47.8 Å². The van der Waals surface area contributed by atoms with Crippen molar-refractivity contribution in [3.8, 4) is 0 Å². The molecule has 21 nitrogen and oxygen atoms in total. The summed E-state index contributed by atoms with van der Waals surface area (Å²) in [4.78, 5) is 96.7. The first-order valence-electron chi connectivity index (χ1n) is 15.9. The lowest BCUT2D eigenvalue weighted by molar-refractivity contribution is -0.280. The van der Waals surface area contributed by atoms with E-state index < -0.39 is 130 Å². The van der Waals surface area contributed by atoms with E-state index in [1.165, 1.54) is 0 Å². The van der Waals surface area contributed by atoms with Crippen molar-refractivity contribution in [3.63, 3.8) is 0 Å². The van der Waals surface area contributed by atoms with Gasteiger partial charge in [0.25, 0.3) is 0 Å². The highest BCUT2D eigenvalue weighted by Gasteiger charge is 2.57. The van der Waals surface area contributed by atoms with E-state index in [0.29, 0.717) is 11.8 Å². The van der Waals surface area contributed by atoms with Crippen LogP contribution in [0, 0.1) is 10.8 Å². The monoisotopic (exact) mass is 828 g/mol. The number of nitrogens with one attached hydrogen (secondary N) is 2. The first-order chi connectivity index (χ1) is 25.5. The van der Waals surface area contributed by atoms with Crippen LogP contribution < -0.4 is 0 Å². The number of carbonyl (C=O) groups is 8. The van der Waals surface area contributed by atoms with Crippen molar-refractivity contribution < 1.29 is 94.9 Å². The summed E-state index contributed by atoms with van der Waals surface area (Å²) >= 11 is 0.557. The number of hydrogen-bond donors (Lipinski definition) is 2. The molecule has 55 heavy (non-hydrogen) atoms. The smallest absolute Gasteiger partial charge is 0.305 e. The third kappa shape index (κ3) is 13.9. The van der Waals surface area contributed by atoms with Crippen LogP contribution in [0.1, 0.15) is 55.4 Å². The van der Waals surface area contributed by atoms with E-state index in [4.69, 9.17) is 62.9 Å². The molecule has 0 aromatic carbocycles. The fraction of sp³-hybridized carbons (Fsp3) is 0.677. The van der Waals surface area contributed by atoms with Gasteiger partial charge in [0, 0.05) is 55.4 Å². The average molecular weight is 829 g/mol. The number of thioether (sulfide) groups is 2. The number of rotatable bonds is 14. The number of halogens is 1. The molecule has 2 rings (SSSR count). The Morgan fingerprint density at radius 2 is 0.818 bits per heavy atom. The van der Waals surface area contributed by atoms with Crippen molar-refractivity contribution >= 4 is 82.2 Å². The van der Waals surface area contributed by atoms with E-state index in [1.54, 1.807) is 0 Å². The topological polar surface area (TPSA) is 286 Å². The average Bonchev–Trinajstić information content (AvgIpc) is 3.03. The van der Waals surface area contributed by atoms with Crippen LogP contribution >= 0.6 is 23.5 Å². The maximum Gasteiger partial charge on any atom is 0.305 e. The van der Waals surface area contributed by atoms with Crippen LogP contribution in [0.15, 0.2) is 0 Å². The highest BCUT2D eigenvalue weighted by molar-refractivity contribution is 8.14. The van der Waals surface area contributed by atoms with Crippen LogP contribution in [0.25, 0.3) is 0 Å². The van der Waals surface area contributed by atoms with Gasteiger partial charge in [-0.25, -0.2) is 4.39 Å². The second kappa shape index (κ2) is 20.9. The predicted molar refractivity (Wildman–Crippen MR) is 181 cm³/mol. The molecule has 2 aliphatic heterocycles. The van der Waals surface area contributed by atoms with Crippen molar-refractivity contribution in [1.82, 2.24) is 0 Å². The lowest BCUT2D eigenvalue weighted by Gasteiger charge is -2.44. The first kappa shape index (κ1) is 46.6. The maximum absolute atomic E-state index is 16.6. The quantitative estimate of drug-likeness (QED) is 0.106. The lowest BCUT2D eigenvalue weighted by atomic mass is 10.0. The Hall–Kier alpha value is -4.55. The molecule has 12 unspecified atom stereocenters. The minimum absolute atomic E-state index is 0.214. The summed E-state index contributed by atoms with van der Waals surface area (Å²) in [6.45, 7) is 7.76. The van der Waals surface area contributed by atoms with Crippen LogP contribution in [0.2, 0.25) is 0 Å². The minimum atomic E-state index is -2.58. The standard InChI is InChI=1S/C31H41FN2O19S2/c1-10(35)44-19-21(46-12(3)37)28(50-16(7)41)52-30(23(19)48-14(5)39)54-25(26(33)43-9)18(32)27(34)55-31-24(49-15(6)40)20(45-11(2)36)22(47-13(4)38)29(53-31)51-17(8)42/h18-25,28-31,33-34H,1-9H3. The molecule has 0 spiro atoms. The van der Waals surface area contributed by atoms with Gasteiger partial charge < -0.3 is 52.1 Å². The Morgan fingerprint density at radius 1 is 0.509 bits per heavy atom. The molecule has 12 atom stereocenters. The molecule has 0 aromatic rings. The van der Waals surface area contributed by atoms with Gasteiger partial charge in [0.1, 0.15) is 15.7 Å². The maximum atomic E-state index is 16.6. The zero-order valence-electron chi connectivity index (χ0n) is 30.9. The van der Waals surface area contributed by atoms with Crippen molar-refractivity contribution in [3.05, 3.63) is 0 Å². The van der Waals surface area contributed by atoms with Crippen LogP contribution in [0.5, 0.6) is 0 Å². The second-order valence-corrected chi connectivity index (χ2v) is 13.8. The number of ether oxygens (including phenoxy) is 11. The van der Waals surface area contributed by atoms with Crippen molar-refractivity contribution in [2.24, 2.45) is 0 Å². The molecule has 2 aliphatic rings. The second-order valence-electron chi connectivity index (χ2n) is 11.4. The van der Waals surface area contributed by atoms with E-state index >= 15 is 4.39 Å². The van der Waals surface area contributed by atoms with Crippen LogP contribution in [0.3, 0.4) is 0 Å². The van der Waals surface area contributed by atoms with Gasteiger partial charge in [-0.05, 0) is 0 Å². The van der Waals surface area contributed by atoms with Crippen LogP contribution in [-0.2, 0) is 90.5 Å². The Labute approximate surface area is 321 Å². The molecular weight excluding hydrogens is 787 g/mol. The molecule has 0 aliphatic carbocycles. The van der Waals surface area contributed by atoms with E-state index in [9.17, 15) is 38.4 Å². The number of alkyl halides is 1. The summed E-state index contributed by atoms with van der Waals surface area (Å²) < 4.78 is 75.1. The molecule has 2 saturated heterocycles. The number of carbonyl (C=O) groups excluding carboxylic acids is 8. The Kier molecular flexibility index (Phi) is 17.7. The van der Waals surface area contributed by atoms with Crippen LogP contribution in [-0.4, -0.2) is 137 Å². The molecule has 0 amide bonds. The molecule has 2 fully saturated rings. The molecule has 0 aromatic heterocycles. The van der Waals surface area contributed by atoms with Crippen molar-refractivity contribution in [1.29, 1.82) is 10.8 Å². The number of hydrogen-bond acceptors (Lipinski definition) is 23. The largest absolute Gasteiger partial charge is 0.484 e. The minimum Gasteiger partial charge on any atom is -0.484 e. The van der Waals surface area contributed by atoms with Crippen molar-refractivity contribution in [2.75, 3.05) is 7.11 Å². The van der Waals surface area contributed by atoms with Gasteiger partial charge in [-0.1, -0.05) is 11.8 Å². The van der Waals surface area contributed by atoms with Crippen LogP contribution in [0.4, 0.5) is 4.39 Å². The summed E-state index contributed by atoms with van der Waals surface area (Å²) in [5.41, 5.74) is -3.42. The summed E-state index contributed by atoms with van der Waals surface area (Å²) in [7, 11) is 0.994. The fourth-order valence-electron chi connectivity index (χ4n) is 5.05. The molecular formula is C31H41FN2O19S2. The molecule has 0 saturated carbocycles. The summed E-state index contributed by atoms with van der Waals surface area (Å²) in [6, 6.07) is 0. The highest BCUT2D eigenvalue weighted by atomic mass is 32.2. The predicted octanol–water partition coefficient (Wildman–Crippen LogP) is 0.842. The Bertz CT molecular complexity index is 1520. The van der Waals surface area contributed by atoms with Gasteiger partial charge in [0.15, 0.2) is 41.9 Å². The zero-order valence-corrected chi connectivity index (χ0v) is 32.5. The number of methoxy groups -OCH3 is 1. The summed E-state index contributed by atoms with van der Waals surface area (Å²) in [5.74, 6) is -8.58. The molecule has 2 heterocycles. The Balaban J connectivity index is 2.61. The van der Waals surface area contributed by atoms with E-state index in [-0.39, 0.29) is 11.8 Å². The molecule has 0 radical (unpaired) electrons. The van der Waals surface area contributed by atoms with E-state index in [2.05, 4.69) is 0 Å². The van der Waals surface area contributed by atoms with Gasteiger partial charge in [0.05, 0.1) is 7.11 Å². The third-order valence-corrected chi connectivity index (χ3v) is 9.28. The summed E-state index contributed by atoms with van der Waals surface area (Å²) in [5, 5.41) is 14.3. The molecule has 308 valence electrons. The highest BCUT2D eigenvalue weighted by Crippen LogP contribution is 2.41. The SMILES string of the molecule is COC(=N)C(SC1OC(OC(C)=O)C(OC(C)=O)C(OC(C)=O)C1OC(C)=O)C(F)C(=N)SC1OC(OC(C)=O)C(OC(C)=O)C(OC(C)=O)C1OC(C)=O. The van der Waals surface area contributed by atoms with Gasteiger partial charge in [0.2, 0.25) is 24.8 Å². The molecule has 0 bridgehead atoms. The van der Waals surface area contributed by atoms with E-state index in [0.717, 1.165) is 62.5 Å². The summed E-state index contributed by atoms with van der Waals surface area (Å²) in [6.07, 6.45) is -16.6. The zero-order chi connectivity index (χ0) is 41.9. The van der Waals surface area contributed by atoms with Gasteiger partial charge in [-0.2, -0.15) is 0 Å². The Morgan fingerprint density at radius 3 is 1.16 bits per heavy atom. The normalized spacial score (nSPS) is 28.4. The first-order valence-corrected chi connectivity index (χ1v) is 17.7. The van der Waals surface area contributed by atoms with E-state index in [1.807, 2.05) is 0 Å². The van der Waals surface area contributed by atoms with Gasteiger partial charge in [-0.3, -0.25) is 49.2 Å².